The summed E-state index contributed by atoms with van der Waals surface area (Å²) >= 11 is 1.17. The minimum absolute atomic E-state index is 0.0187. The molecule has 0 unspecified atom stereocenters. The number of halogens is 2. The lowest BCUT2D eigenvalue weighted by Gasteiger charge is -2.05. The third kappa shape index (κ3) is 2.80. The number of amides is 1. The van der Waals surface area contributed by atoms with E-state index in [2.05, 4.69) is 10.3 Å². The molecule has 0 aliphatic carbocycles. The van der Waals surface area contributed by atoms with Crippen LogP contribution in [0.3, 0.4) is 0 Å². The van der Waals surface area contributed by atoms with Gasteiger partial charge in [-0.15, -0.1) is 11.3 Å². The number of thiazole rings is 1. The lowest BCUT2D eigenvalue weighted by atomic mass is 10.2. The Hall–Kier alpha value is -2.02. The molecule has 4 nitrogen and oxygen atoms in total. The zero-order valence-corrected chi connectivity index (χ0v) is 9.93. The van der Waals surface area contributed by atoms with Gasteiger partial charge in [-0.1, -0.05) is 6.07 Å². The van der Waals surface area contributed by atoms with E-state index in [-0.39, 0.29) is 12.1 Å². The van der Waals surface area contributed by atoms with Gasteiger partial charge >= 0.3 is 0 Å². The Balaban J connectivity index is 2.05. The number of nitrogens with zero attached hydrogens (tertiary/aromatic N) is 1. The molecule has 1 heterocycles. The predicted molar refractivity (Wildman–Crippen MR) is 65.2 cm³/mol. The van der Waals surface area contributed by atoms with E-state index >= 15 is 0 Å². The lowest BCUT2D eigenvalue weighted by Crippen LogP contribution is -2.15. The summed E-state index contributed by atoms with van der Waals surface area (Å²) in [6.45, 7) is 0. The maximum absolute atomic E-state index is 13.3. The summed E-state index contributed by atoms with van der Waals surface area (Å²) < 4.78 is 26.2. The van der Waals surface area contributed by atoms with Crippen molar-refractivity contribution in [2.45, 2.75) is 6.42 Å². The number of aromatic nitrogens is 1. The second kappa shape index (κ2) is 5.09. The molecule has 2 rings (SSSR count). The molecule has 1 amide bonds. The summed E-state index contributed by atoms with van der Waals surface area (Å²) in [6.07, 6.45) is 1.49. The monoisotopic (exact) mass is 269 g/mol. The molecule has 3 N–H and O–H groups in total. The topological polar surface area (TPSA) is 68.0 Å². The molecule has 0 aliphatic heterocycles. The highest BCUT2D eigenvalue weighted by Crippen LogP contribution is 2.18. The van der Waals surface area contributed by atoms with E-state index in [1.807, 2.05) is 0 Å². The van der Waals surface area contributed by atoms with Crippen LogP contribution in [-0.2, 0) is 11.2 Å². The molecule has 0 atom stereocenters. The Labute approximate surface area is 105 Å². The van der Waals surface area contributed by atoms with Gasteiger partial charge in [-0.25, -0.2) is 13.8 Å². The van der Waals surface area contributed by atoms with Crippen LogP contribution in [-0.4, -0.2) is 10.9 Å². The quantitative estimate of drug-likeness (QED) is 0.897. The first-order valence-corrected chi connectivity index (χ1v) is 5.82. The summed E-state index contributed by atoms with van der Waals surface area (Å²) in [6, 6.07) is 3.59. The third-order valence-electron chi connectivity index (χ3n) is 2.13. The van der Waals surface area contributed by atoms with E-state index in [1.54, 1.807) is 0 Å². The number of nitrogen functional groups attached to an aromatic ring is 1. The van der Waals surface area contributed by atoms with E-state index in [1.165, 1.54) is 29.7 Å². The van der Waals surface area contributed by atoms with E-state index in [4.69, 9.17) is 5.73 Å². The van der Waals surface area contributed by atoms with Gasteiger partial charge in [-0.3, -0.25) is 4.79 Å². The largest absolute Gasteiger partial charge is 0.375 e. The number of anilines is 2. The van der Waals surface area contributed by atoms with Gasteiger partial charge in [0.25, 0.3) is 0 Å². The first-order valence-electron chi connectivity index (χ1n) is 5.00. The first-order chi connectivity index (χ1) is 8.56. The Morgan fingerprint density at radius 2 is 2.22 bits per heavy atom. The molecule has 0 bridgehead atoms. The lowest BCUT2D eigenvalue weighted by molar-refractivity contribution is -0.115. The van der Waals surface area contributed by atoms with Gasteiger partial charge in [0.2, 0.25) is 5.91 Å². The third-order valence-corrected chi connectivity index (χ3v) is 2.96. The number of carbonyl (C=O) groups excluding carboxylic acids is 1. The van der Waals surface area contributed by atoms with Gasteiger partial charge in [-0.05, 0) is 12.1 Å². The number of carbonyl (C=O) groups is 1. The average molecular weight is 269 g/mol. The smallest absolute Gasteiger partial charge is 0.229 e. The molecule has 2 aromatic rings. The highest BCUT2D eigenvalue weighted by molar-refractivity contribution is 7.15. The number of hydrogen-bond donors (Lipinski definition) is 2. The van der Waals surface area contributed by atoms with Crippen LogP contribution in [0.5, 0.6) is 0 Å². The van der Waals surface area contributed by atoms with Gasteiger partial charge in [0, 0.05) is 11.1 Å². The van der Waals surface area contributed by atoms with Crippen molar-refractivity contribution in [2.24, 2.45) is 0 Å². The molecule has 0 radical (unpaired) electrons. The molecule has 0 spiro atoms. The van der Waals surface area contributed by atoms with Crippen molar-refractivity contribution in [1.29, 1.82) is 0 Å². The standard InChI is InChI=1S/C11H9F2N3OS/c12-7-2-1-3-8(10(7)13)16-9(17)4-6-5-15-11(14)18-6/h1-3,5H,4H2,(H2,14,15)(H,16,17). The molecule has 0 fully saturated rings. The zero-order chi connectivity index (χ0) is 13.1. The van der Waals surface area contributed by atoms with E-state index < -0.39 is 17.5 Å². The molecule has 0 saturated carbocycles. The van der Waals surface area contributed by atoms with E-state index in [0.717, 1.165) is 6.07 Å². The summed E-state index contributed by atoms with van der Waals surface area (Å²) in [5.41, 5.74) is 5.23. The van der Waals surface area contributed by atoms with Crippen molar-refractivity contribution >= 4 is 28.1 Å². The first kappa shape index (κ1) is 12.4. The number of nitrogens with one attached hydrogen (secondary N) is 1. The summed E-state index contributed by atoms with van der Waals surface area (Å²) in [5.74, 6) is -2.53. The number of hydrogen-bond acceptors (Lipinski definition) is 4. The average Bonchev–Trinajstić information content (AvgIpc) is 2.70. The second-order valence-corrected chi connectivity index (χ2v) is 4.64. The molecule has 94 valence electrons. The maximum Gasteiger partial charge on any atom is 0.229 e. The predicted octanol–water partition coefficient (Wildman–Crippen LogP) is 2.18. The highest BCUT2D eigenvalue weighted by atomic mass is 32.1. The molecule has 7 heteroatoms. The zero-order valence-electron chi connectivity index (χ0n) is 9.11. The second-order valence-electron chi connectivity index (χ2n) is 3.49. The molecule has 0 aliphatic rings. The van der Waals surface area contributed by atoms with Crippen LogP contribution in [0.2, 0.25) is 0 Å². The van der Waals surface area contributed by atoms with Crippen LogP contribution >= 0.6 is 11.3 Å². The van der Waals surface area contributed by atoms with Gasteiger partial charge in [-0.2, -0.15) is 0 Å². The van der Waals surface area contributed by atoms with Gasteiger partial charge in [0.15, 0.2) is 16.8 Å². The van der Waals surface area contributed by atoms with Gasteiger partial charge < -0.3 is 11.1 Å². The van der Waals surface area contributed by atoms with Crippen LogP contribution in [0.25, 0.3) is 0 Å². The molecule has 0 saturated heterocycles. The van der Waals surface area contributed by atoms with Crippen molar-refractivity contribution in [3.63, 3.8) is 0 Å². The molecule has 18 heavy (non-hydrogen) atoms. The van der Waals surface area contributed by atoms with Crippen molar-refractivity contribution < 1.29 is 13.6 Å². The molecule has 1 aromatic heterocycles. The van der Waals surface area contributed by atoms with Crippen molar-refractivity contribution in [3.8, 4) is 0 Å². The summed E-state index contributed by atoms with van der Waals surface area (Å²) in [5, 5.41) is 2.65. The Kier molecular flexibility index (Phi) is 3.52. The van der Waals surface area contributed by atoms with Crippen LogP contribution in [0.15, 0.2) is 24.4 Å². The number of benzene rings is 1. The Morgan fingerprint density at radius 3 is 2.89 bits per heavy atom. The van der Waals surface area contributed by atoms with Gasteiger partial charge in [0.05, 0.1) is 12.1 Å². The molecule has 1 aromatic carbocycles. The van der Waals surface area contributed by atoms with Gasteiger partial charge in [0.1, 0.15) is 0 Å². The molecular weight excluding hydrogens is 260 g/mol. The van der Waals surface area contributed by atoms with Crippen LogP contribution in [0.4, 0.5) is 19.6 Å². The minimum atomic E-state index is -1.07. The van der Waals surface area contributed by atoms with Crippen molar-refractivity contribution in [1.82, 2.24) is 4.98 Å². The van der Waals surface area contributed by atoms with E-state index in [9.17, 15) is 13.6 Å². The Morgan fingerprint density at radius 1 is 1.44 bits per heavy atom. The summed E-state index contributed by atoms with van der Waals surface area (Å²) in [7, 11) is 0. The number of rotatable bonds is 3. The van der Waals surface area contributed by atoms with Crippen LogP contribution in [0.1, 0.15) is 4.88 Å². The fraction of sp³-hybridized carbons (Fsp3) is 0.0909. The Bertz CT molecular complexity index is 585. The SMILES string of the molecule is Nc1ncc(CC(=O)Nc2cccc(F)c2F)s1. The van der Waals surface area contributed by atoms with Crippen LogP contribution < -0.4 is 11.1 Å². The minimum Gasteiger partial charge on any atom is -0.375 e. The maximum atomic E-state index is 13.3. The fourth-order valence-electron chi connectivity index (χ4n) is 1.36. The van der Waals surface area contributed by atoms with Crippen molar-refractivity contribution in [3.05, 3.63) is 40.9 Å². The number of nitrogens with two attached hydrogens (primary N) is 1. The summed E-state index contributed by atoms with van der Waals surface area (Å²) in [4.78, 5) is 16.0. The van der Waals surface area contributed by atoms with E-state index in [0.29, 0.717) is 10.0 Å². The van der Waals surface area contributed by atoms with Crippen LogP contribution in [0, 0.1) is 11.6 Å². The molecular formula is C11H9F2N3OS. The normalized spacial score (nSPS) is 10.3. The van der Waals surface area contributed by atoms with Crippen molar-refractivity contribution in [2.75, 3.05) is 11.1 Å². The fourth-order valence-corrected chi connectivity index (χ4v) is 2.04. The highest BCUT2D eigenvalue weighted by Gasteiger charge is 2.12.